The minimum Gasteiger partial charge on any atom is -0.462 e. The van der Waals surface area contributed by atoms with E-state index in [1.54, 1.807) is 0 Å². The first kappa shape index (κ1) is 5.94. The molecule has 1 aliphatic rings. The van der Waals surface area contributed by atoms with Gasteiger partial charge in [0.2, 0.25) is 12.7 Å². The van der Waals surface area contributed by atoms with E-state index in [2.05, 4.69) is 4.74 Å². The van der Waals surface area contributed by atoms with Crippen LogP contribution in [0.3, 0.4) is 0 Å². The molecule has 1 heterocycles. The molecule has 0 aromatic heterocycles. The smallest absolute Gasteiger partial charge is 0.229 e. The molecule has 0 fully saturated rings. The molecule has 0 spiro atoms. The molecule has 1 amide bonds. The molecule has 2 N–H and O–H groups in total. The maximum Gasteiger partial charge on any atom is 0.229 e. The Labute approximate surface area is 52.2 Å². The number of hydrogen-bond acceptors (Lipinski definition) is 3. The topological polar surface area (TPSA) is 61.6 Å². The summed E-state index contributed by atoms with van der Waals surface area (Å²) in [6, 6.07) is 0. The predicted molar refractivity (Wildman–Crippen MR) is 28.6 cm³/mol. The summed E-state index contributed by atoms with van der Waals surface area (Å²) in [5.74, 6) is -0.158. The third-order valence-corrected chi connectivity index (χ3v) is 0.778. The quantitative estimate of drug-likeness (QED) is 0.546. The molecule has 0 saturated carbocycles. The van der Waals surface area contributed by atoms with Crippen LogP contribution in [-0.4, -0.2) is 12.7 Å². The van der Waals surface area contributed by atoms with Crippen molar-refractivity contribution in [3.8, 4) is 0 Å². The molecular weight excluding hydrogens is 122 g/mol. The molecule has 0 atom stereocenters. The molecule has 1 rings (SSSR count). The fourth-order valence-electron chi connectivity index (χ4n) is 0.468. The normalized spacial score (nSPS) is 15.8. The van der Waals surface area contributed by atoms with Crippen molar-refractivity contribution < 1.29 is 14.3 Å². The second-order valence-corrected chi connectivity index (χ2v) is 1.50. The predicted octanol–water partition coefficient (Wildman–Crippen LogP) is -0.478. The molecule has 1 aliphatic heterocycles. The summed E-state index contributed by atoms with van der Waals surface area (Å²) in [6.45, 7) is 0.166. The zero-order valence-electron chi connectivity index (χ0n) is 4.66. The van der Waals surface area contributed by atoms with Crippen molar-refractivity contribution in [2.45, 2.75) is 0 Å². The summed E-state index contributed by atoms with van der Waals surface area (Å²) in [4.78, 5) is 10.1. The molecule has 0 aromatic rings. The van der Waals surface area contributed by atoms with E-state index in [9.17, 15) is 4.79 Å². The van der Waals surface area contributed by atoms with Gasteiger partial charge in [-0.1, -0.05) is 0 Å². The van der Waals surface area contributed by atoms with E-state index in [4.69, 9.17) is 10.5 Å². The number of carbonyl (C=O) groups excluding carboxylic acids is 1. The van der Waals surface area contributed by atoms with Gasteiger partial charge in [0, 0.05) is 0 Å². The van der Waals surface area contributed by atoms with Crippen LogP contribution in [-0.2, 0) is 14.3 Å². The molecule has 0 unspecified atom stereocenters. The maximum atomic E-state index is 10.1. The van der Waals surface area contributed by atoms with Gasteiger partial charge in [-0.25, -0.2) is 0 Å². The monoisotopic (exact) mass is 128 g/mol. The highest BCUT2D eigenvalue weighted by molar-refractivity contribution is 5.85. The standard InChI is InChI=1S/C5H6NO3/c6-5(7)1-4-2-8-3-9-4/h1-2H,3H2,(H2,6,7). The number of hydrogen-bond donors (Lipinski definition) is 1. The van der Waals surface area contributed by atoms with Gasteiger partial charge in [0.1, 0.15) is 18.4 Å². The number of nitrogens with two attached hydrogens (primary N) is 1. The van der Waals surface area contributed by atoms with Gasteiger partial charge in [0.05, 0.1) is 0 Å². The number of amides is 1. The number of rotatable bonds is 2. The van der Waals surface area contributed by atoms with Gasteiger partial charge < -0.3 is 15.2 Å². The van der Waals surface area contributed by atoms with Gasteiger partial charge >= 0.3 is 0 Å². The minimum absolute atomic E-state index is 0.166. The second-order valence-electron chi connectivity index (χ2n) is 1.50. The van der Waals surface area contributed by atoms with Gasteiger partial charge in [0.15, 0.2) is 0 Å². The lowest BCUT2D eigenvalue weighted by Gasteiger charge is -1.93. The summed E-state index contributed by atoms with van der Waals surface area (Å²) in [5.41, 5.74) is 4.80. The van der Waals surface area contributed by atoms with Crippen LogP contribution in [0.2, 0.25) is 0 Å². The van der Waals surface area contributed by atoms with Crippen molar-refractivity contribution in [3.63, 3.8) is 0 Å². The minimum atomic E-state index is -0.535. The first-order chi connectivity index (χ1) is 4.29. The first-order valence-electron chi connectivity index (χ1n) is 2.38. The highest BCUT2D eigenvalue weighted by Crippen LogP contribution is 2.08. The molecular formula is C5H6NO3. The van der Waals surface area contributed by atoms with Crippen LogP contribution in [0, 0.1) is 6.42 Å². The van der Waals surface area contributed by atoms with Gasteiger partial charge in [0.25, 0.3) is 0 Å². The SMILES string of the molecule is NC(=O)[CH]C1=COCO1. The molecule has 0 aliphatic carbocycles. The molecule has 4 nitrogen and oxygen atoms in total. The Bertz CT molecular complexity index is 152. The number of primary amides is 1. The lowest BCUT2D eigenvalue weighted by Crippen LogP contribution is -2.12. The Morgan fingerprint density at radius 2 is 2.67 bits per heavy atom. The van der Waals surface area contributed by atoms with Crippen LogP contribution < -0.4 is 5.73 Å². The fourth-order valence-corrected chi connectivity index (χ4v) is 0.468. The van der Waals surface area contributed by atoms with Gasteiger partial charge in [-0.05, 0) is 0 Å². The number of carbonyl (C=O) groups is 1. The summed E-state index contributed by atoms with van der Waals surface area (Å²) >= 11 is 0. The van der Waals surface area contributed by atoms with E-state index in [1.807, 2.05) is 0 Å². The van der Waals surface area contributed by atoms with Crippen LogP contribution in [0.5, 0.6) is 0 Å². The van der Waals surface area contributed by atoms with Crippen LogP contribution in [0.1, 0.15) is 0 Å². The average Bonchev–Trinajstić information content (AvgIpc) is 2.15. The van der Waals surface area contributed by atoms with Crippen LogP contribution in [0.25, 0.3) is 0 Å². The van der Waals surface area contributed by atoms with Crippen molar-refractivity contribution in [2.75, 3.05) is 6.79 Å². The largest absolute Gasteiger partial charge is 0.462 e. The Morgan fingerprint density at radius 3 is 3.11 bits per heavy atom. The molecule has 49 valence electrons. The highest BCUT2D eigenvalue weighted by atomic mass is 16.7. The van der Waals surface area contributed by atoms with E-state index in [0.717, 1.165) is 6.42 Å². The molecule has 4 heteroatoms. The zero-order valence-corrected chi connectivity index (χ0v) is 4.66. The van der Waals surface area contributed by atoms with Crippen molar-refractivity contribution in [1.29, 1.82) is 0 Å². The summed E-state index contributed by atoms with van der Waals surface area (Å²) in [6.07, 6.45) is 2.50. The molecule has 0 saturated heterocycles. The maximum absolute atomic E-state index is 10.1. The Balaban J connectivity index is 2.35. The van der Waals surface area contributed by atoms with E-state index >= 15 is 0 Å². The lowest BCUT2D eigenvalue weighted by atomic mass is 10.4. The Hall–Kier alpha value is -1.19. The van der Waals surface area contributed by atoms with Crippen LogP contribution in [0.15, 0.2) is 12.0 Å². The van der Waals surface area contributed by atoms with E-state index in [-0.39, 0.29) is 6.79 Å². The summed E-state index contributed by atoms with van der Waals surface area (Å²) in [5, 5.41) is 0. The Kier molecular flexibility index (Phi) is 1.58. The van der Waals surface area contributed by atoms with Crippen molar-refractivity contribution in [1.82, 2.24) is 0 Å². The second kappa shape index (κ2) is 2.39. The first-order valence-corrected chi connectivity index (χ1v) is 2.38. The lowest BCUT2D eigenvalue weighted by molar-refractivity contribution is -0.115. The molecule has 1 radical (unpaired) electrons. The van der Waals surface area contributed by atoms with Crippen molar-refractivity contribution in [3.05, 3.63) is 18.4 Å². The zero-order chi connectivity index (χ0) is 6.69. The van der Waals surface area contributed by atoms with Crippen LogP contribution >= 0.6 is 0 Å². The summed E-state index contributed by atoms with van der Waals surface area (Å²) < 4.78 is 9.38. The molecule has 0 bridgehead atoms. The van der Waals surface area contributed by atoms with E-state index in [1.165, 1.54) is 6.26 Å². The van der Waals surface area contributed by atoms with Gasteiger partial charge in [-0.15, -0.1) is 0 Å². The third-order valence-electron chi connectivity index (χ3n) is 0.778. The fraction of sp³-hybridized carbons (Fsp3) is 0.200. The number of ether oxygens (including phenoxy) is 2. The van der Waals surface area contributed by atoms with Crippen molar-refractivity contribution in [2.24, 2.45) is 5.73 Å². The van der Waals surface area contributed by atoms with Gasteiger partial charge in [-0.2, -0.15) is 0 Å². The van der Waals surface area contributed by atoms with Crippen LogP contribution in [0.4, 0.5) is 0 Å². The average molecular weight is 128 g/mol. The molecule has 9 heavy (non-hydrogen) atoms. The van der Waals surface area contributed by atoms with E-state index in [0.29, 0.717) is 5.76 Å². The highest BCUT2D eigenvalue weighted by Gasteiger charge is 2.08. The summed E-state index contributed by atoms with van der Waals surface area (Å²) in [7, 11) is 0. The van der Waals surface area contributed by atoms with Crippen molar-refractivity contribution >= 4 is 5.91 Å². The molecule has 0 aromatic carbocycles. The third kappa shape index (κ3) is 1.64. The van der Waals surface area contributed by atoms with E-state index < -0.39 is 5.91 Å². The van der Waals surface area contributed by atoms with Gasteiger partial charge in [-0.3, -0.25) is 4.79 Å². The Morgan fingerprint density at radius 1 is 1.89 bits per heavy atom.